The highest BCUT2D eigenvalue weighted by molar-refractivity contribution is 7.15. The molecule has 2 N–H and O–H groups in total. The molecule has 2 aromatic heterocycles. The lowest BCUT2D eigenvalue weighted by molar-refractivity contribution is -0.122. The summed E-state index contributed by atoms with van der Waals surface area (Å²) in [5, 5.41) is 15.9. The first-order chi connectivity index (χ1) is 24.5. The van der Waals surface area contributed by atoms with E-state index in [0.717, 1.165) is 59.4 Å². The van der Waals surface area contributed by atoms with Crippen LogP contribution in [0.2, 0.25) is 5.02 Å². The van der Waals surface area contributed by atoms with Crippen LogP contribution in [0.1, 0.15) is 57.7 Å². The number of carbonyl (C=O) groups is 3. The smallest absolute Gasteiger partial charge is 0.328 e. The third-order valence-corrected chi connectivity index (χ3v) is 11.2. The fourth-order valence-corrected chi connectivity index (χ4v) is 8.13. The van der Waals surface area contributed by atoms with E-state index < -0.39 is 12.1 Å². The van der Waals surface area contributed by atoms with Crippen LogP contribution in [-0.4, -0.2) is 93.9 Å². The number of rotatable bonds is 9. The number of nitrogens with zero attached hydrogens (tertiary/aromatic N) is 7. The first-order valence-electron chi connectivity index (χ1n) is 17.0. The van der Waals surface area contributed by atoms with E-state index in [1.807, 2.05) is 35.8 Å². The number of aryl methyl sites for hydroxylation is 2. The number of amides is 4. The number of aromatic nitrogens is 3. The number of halogens is 2. The topological polar surface area (TPSA) is 128 Å². The summed E-state index contributed by atoms with van der Waals surface area (Å²) in [7, 11) is 0. The molecule has 4 amide bonds. The first-order valence-corrected chi connectivity index (χ1v) is 18.2. The first kappa shape index (κ1) is 34.9. The molecule has 3 aliphatic heterocycles. The second-order valence-electron chi connectivity index (χ2n) is 13.1. The van der Waals surface area contributed by atoms with Gasteiger partial charge in [0, 0.05) is 91.1 Å². The van der Waals surface area contributed by atoms with Crippen molar-refractivity contribution < 1.29 is 18.8 Å². The number of thiophene rings is 1. The number of hydrogen-bond acceptors (Lipinski definition) is 9. The number of anilines is 1. The van der Waals surface area contributed by atoms with Gasteiger partial charge in [-0.15, -0.1) is 21.5 Å². The van der Waals surface area contributed by atoms with E-state index in [4.69, 9.17) is 16.6 Å². The van der Waals surface area contributed by atoms with Crippen LogP contribution in [0.4, 0.5) is 14.9 Å². The number of fused-ring (bicyclic) bond motifs is 3. The maximum absolute atomic E-state index is 15.0. The fourth-order valence-electron chi connectivity index (χ4n) is 6.79. The predicted octanol–water partition coefficient (Wildman–Crippen LogP) is 4.71. The second-order valence-corrected chi connectivity index (χ2v) is 14.7. The molecule has 2 saturated heterocycles. The van der Waals surface area contributed by atoms with E-state index in [-0.39, 0.29) is 37.0 Å². The predicted molar refractivity (Wildman–Crippen MR) is 195 cm³/mol. The van der Waals surface area contributed by atoms with E-state index in [9.17, 15) is 14.4 Å². The summed E-state index contributed by atoms with van der Waals surface area (Å²) in [6.07, 6.45) is 0.310. The lowest BCUT2D eigenvalue weighted by Crippen LogP contribution is -2.49. The Morgan fingerprint density at radius 3 is 2.49 bits per heavy atom. The minimum absolute atomic E-state index is 0.115. The third kappa shape index (κ3) is 7.31. The maximum Gasteiger partial charge on any atom is 0.328 e. The standard InChI is InChI=1S/C36H39ClFN9O3S/c1-21-22(2)51-35-32(21)33(24-4-7-26(37)8-5-24)40-29(34-43-42-23(3)47(34)35)19-31(49)39-11-13-44-14-16-45(17-15-44)20-25-6-9-27(18-28(25)38)46-12-10-30(48)41-36(46)50/h4-9,18,29H,10-17,19-20H2,1-3H3,(H,39,49)(H,41,48,50)/t29-/m0/s1. The normalized spacial score (nSPS) is 18.2. The Morgan fingerprint density at radius 2 is 1.76 bits per heavy atom. The van der Waals surface area contributed by atoms with E-state index in [2.05, 4.69) is 44.5 Å². The van der Waals surface area contributed by atoms with Crippen molar-refractivity contribution in [2.24, 2.45) is 4.99 Å². The van der Waals surface area contributed by atoms with Gasteiger partial charge in [-0.25, -0.2) is 9.18 Å². The molecule has 0 aliphatic carbocycles. The van der Waals surface area contributed by atoms with Crippen LogP contribution in [0.5, 0.6) is 0 Å². The molecule has 0 bridgehead atoms. The number of urea groups is 1. The molecule has 0 spiro atoms. The van der Waals surface area contributed by atoms with Gasteiger partial charge in [0.15, 0.2) is 5.82 Å². The monoisotopic (exact) mass is 731 g/mol. The van der Waals surface area contributed by atoms with E-state index >= 15 is 4.39 Å². The zero-order chi connectivity index (χ0) is 35.8. The van der Waals surface area contributed by atoms with Crippen molar-refractivity contribution >= 4 is 52.2 Å². The Morgan fingerprint density at radius 1 is 1.02 bits per heavy atom. The van der Waals surface area contributed by atoms with Crippen molar-refractivity contribution in [3.05, 3.63) is 92.1 Å². The zero-order valence-electron chi connectivity index (χ0n) is 28.7. The summed E-state index contributed by atoms with van der Waals surface area (Å²) < 4.78 is 17.1. The molecular weight excluding hydrogens is 693 g/mol. The van der Waals surface area contributed by atoms with E-state index in [1.165, 1.54) is 15.8 Å². The SMILES string of the molecule is Cc1sc2c(c1C)C(c1ccc(Cl)cc1)=N[C@@H](CC(=O)NCCN1CCN(Cc3ccc(N4CCC(=O)NC4=O)cc3F)CC1)c1nnc(C)n1-2. The second kappa shape index (κ2) is 14.6. The summed E-state index contributed by atoms with van der Waals surface area (Å²) in [6.45, 7) is 11.1. The number of carbonyl (C=O) groups excluding carboxylic acids is 3. The van der Waals surface area contributed by atoms with Gasteiger partial charge in [0.2, 0.25) is 11.8 Å². The van der Waals surface area contributed by atoms with Gasteiger partial charge < -0.3 is 5.32 Å². The molecule has 3 aliphatic rings. The summed E-state index contributed by atoms with van der Waals surface area (Å²) in [4.78, 5) is 49.2. The lowest BCUT2D eigenvalue weighted by Gasteiger charge is -2.35. The highest BCUT2D eigenvalue weighted by Gasteiger charge is 2.32. The average Bonchev–Trinajstić information content (AvgIpc) is 3.58. The number of aliphatic imine (C=N–C) groups is 1. The summed E-state index contributed by atoms with van der Waals surface area (Å²) in [5.41, 5.74) is 4.88. The largest absolute Gasteiger partial charge is 0.355 e. The highest BCUT2D eigenvalue weighted by atomic mass is 35.5. The van der Waals surface area contributed by atoms with Crippen LogP contribution in [0.25, 0.3) is 5.00 Å². The molecule has 2 fully saturated rings. The molecular formula is C36H39ClFN9O3S. The van der Waals surface area contributed by atoms with Gasteiger partial charge in [-0.3, -0.25) is 39.2 Å². The van der Waals surface area contributed by atoms with Crippen LogP contribution in [0, 0.1) is 26.6 Å². The average molecular weight is 732 g/mol. The molecule has 12 nitrogen and oxygen atoms in total. The molecule has 266 valence electrons. The molecule has 7 rings (SSSR count). The van der Waals surface area contributed by atoms with Gasteiger partial charge in [-0.2, -0.15) is 0 Å². The summed E-state index contributed by atoms with van der Waals surface area (Å²) >= 11 is 7.90. The Balaban J connectivity index is 0.945. The summed E-state index contributed by atoms with van der Waals surface area (Å²) in [6, 6.07) is 11.3. The summed E-state index contributed by atoms with van der Waals surface area (Å²) in [5.74, 6) is 0.567. The molecule has 0 radical (unpaired) electrons. The van der Waals surface area contributed by atoms with Gasteiger partial charge in [0.05, 0.1) is 12.1 Å². The molecule has 1 atom stereocenters. The number of imide groups is 1. The van der Waals surface area contributed by atoms with Gasteiger partial charge in [-0.05, 0) is 50.6 Å². The minimum Gasteiger partial charge on any atom is -0.355 e. The van der Waals surface area contributed by atoms with Gasteiger partial charge in [0.1, 0.15) is 22.7 Å². The number of nitrogens with one attached hydrogen (secondary N) is 2. The minimum atomic E-state index is -0.534. The fraction of sp³-hybridized carbons (Fsp3) is 0.389. The number of piperazine rings is 1. The van der Waals surface area contributed by atoms with Crippen LogP contribution in [0.15, 0.2) is 47.5 Å². The van der Waals surface area contributed by atoms with Crippen LogP contribution in [-0.2, 0) is 16.1 Å². The van der Waals surface area contributed by atoms with Crippen LogP contribution in [0.3, 0.4) is 0 Å². The van der Waals surface area contributed by atoms with Gasteiger partial charge in [0.25, 0.3) is 0 Å². The Bertz CT molecular complexity index is 2020. The van der Waals surface area contributed by atoms with Crippen molar-refractivity contribution in [2.75, 3.05) is 50.7 Å². The zero-order valence-corrected chi connectivity index (χ0v) is 30.3. The highest BCUT2D eigenvalue weighted by Crippen LogP contribution is 2.39. The third-order valence-electron chi connectivity index (χ3n) is 9.75. The Kier molecular flexibility index (Phi) is 10.0. The van der Waals surface area contributed by atoms with Crippen molar-refractivity contribution in [2.45, 2.75) is 46.2 Å². The van der Waals surface area contributed by atoms with Crippen molar-refractivity contribution in [1.29, 1.82) is 0 Å². The molecule has 4 aromatic rings. The van der Waals surface area contributed by atoms with Crippen LogP contribution >= 0.6 is 22.9 Å². The Hall–Kier alpha value is -4.50. The van der Waals surface area contributed by atoms with Crippen molar-refractivity contribution in [3.63, 3.8) is 0 Å². The molecule has 0 unspecified atom stereocenters. The van der Waals surface area contributed by atoms with E-state index in [1.54, 1.807) is 23.5 Å². The number of benzene rings is 2. The maximum atomic E-state index is 15.0. The van der Waals surface area contributed by atoms with Crippen molar-refractivity contribution in [1.82, 2.24) is 35.2 Å². The Labute approximate surface area is 304 Å². The lowest BCUT2D eigenvalue weighted by atomic mass is 9.99. The number of hydrogen-bond donors (Lipinski definition) is 2. The molecule has 0 saturated carbocycles. The quantitative estimate of drug-likeness (QED) is 0.255. The molecule has 5 heterocycles. The molecule has 51 heavy (non-hydrogen) atoms. The van der Waals surface area contributed by atoms with Crippen LogP contribution < -0.4 is 15.5 Å². The van der Waals surface area contributed by atoms with Gasteiger partial charge in [-0.1, -0.05) is 29.8 Å². The van der Waals surface area contributed by atoms with E-state index in [0.29, 0.717) is 41.7 Å². The van der Waals surface area contributed by atoms with Crippen molar-refractivity contribution in [3.8, 4) is 5.00 Å². The molecule has 2 aromatic carbocycles. The van der Waals surface area contributed by atoms with Gasteiger partial charge >= 0.3 is 6.03 Å². The molecule has 15 heteroatoms.